The normalized spacial score (nSPS) is 10.8. The van der Waals surface area contributed by atoms with Gasteiger partial charge in [0.1, 0.15) is 5.69 Å². The first-order chi connectivity index (χ1) is 10.1. The molecule has 0 fully saturated rings. The number of halogens is 1. The van der Waals surface area contributed by atoms with Crippen molar-refractivity contribution in [1.82, 2.24) is 14.4 Å². The molecular formula is C13H14ClN7S. The van der Waals surface area contributed by atoms with Crippen LogP contribution in [0.5, 0.6) is 0 Å². The molecule has 9 heteroatoms. The Morgan fingerprint density at radius 3 is 2.91 bits per heavy atom. The van der Waals surface area contributed by atoms with Gasteiger partial charge in [-0.25, -0.2) is 4.98 Å². The Balaban J connectivity index is 0.00000176. The van der Waals surface area contributed by atoms with Gasteiger partial charge in [0.05, 0.1) is 11.9 Å². The maximum absolute atomic E-state index is 5.28. The number of imidazole rings is 1. The summed E-state index contributed by atoms with van der Waals surface area (Å²) in [4.78, 5) is 10.8. The van der Waals surface area contributed by atoms with E-state index in [-0.39, 0.29) is 18.4 Å². The summed E-state index contributed by atoms with van der Waals surface area (Å²) in [5.74, 6) is -0.0866. The van der Waals surface area contributed by atoms with Crippen molar-refractivity contribution >= 4 is 40.9 Å². The predicted molar refractivity (Wildman–Crippen MR) is 91.7 cm³/mol. The second kappa shape index (κ2) is 6.54. The standard InChI is InChI=1S/C13H13N7S.ClH/c1-8-7-20-10(6-17-19-12(14)15)11(18-13(20)21-8)9-3-2-4-16-5-9;/h2-7H,1H3,(H4,14,15,19);1H/b17-6+;. The number of pyridine rings is 1. The molecule has 0 bridgehead atoms. The number of nitrogens with two attached hydrogens (primary N) is 2. The van der Waals surface area contributed by atoms with Gasteiger partial charge >= 0.3 is 0 Å². The number of hydrogen-bond donors (Lipinski definition) is 2. The second-order valence-electron chi connectivity index (χ2n) is 4.35. The number of hydrogen-bond acceptors (Lipinski definition) is 5. The number of guanidine groups is 1. The summed E-state index contributed by atoms with van der Waals surface area (Å²) in [6.07, 6.45) is 7.08. The number of aromatic nitrogens is 3. The van der Waals surface area contributed by atoms with Crippen LogP contribution in [0.25, 0.3) is 16.2 Å². The van der Waals surface area contributed by atoms with E-state index in [4.69, 9.17) is 11.5 Å². The summed E-state index contributed by atoms with van der Waals surface area (Å²) < 4.78 is 1.97. The predicted octanol–water partition coefficient (Wildman–Crippen LogP) is 1.80. The fourth-order valence-corrected chi connectivity index (χ4v) is 2.79. The molecular weight excluding hydrogens is 322 g/mol. The highest BCUT2D eigenvalue weighted by atomic mass is 35.5. The van der Waals surface area contributed by atoms with Gasteiger partial charge in [-0.1, -0.05) is 0 Å². The lowest BCUT2D eigenvalue weighted by atomic mass is 10.2. The van der Waals surface area contributed by atoms with E-state index in [1.54, 1.807) is 29.9 Å². The Morgan fingerprint density at radius 1 is 1.41 bits per heavy atom. The minimum absolute atomic E-state index is 0. The van der Waals surface area contributed by atoms with E-state index >= 15 is 0 Å². The molecule has 0 aromatic carbocycles. The van der Waals surface area contributed by atoms with E-state index in [1.807, 2.05) is 29.7 Å². The van der Waals surface area contributed by atoms with E-state index in [0.717, 1.165) is 26.8 Å². The molecule has 0 saturated heterocycles. The molecule has 0 aliphatic heterocycles. The fourth-order valence-electron chi connectivity index (χ4n) is 1.96. The maximum atomic E-state index is 5.28. The number of nitrogens with zero attached hydrogens (tertiary/aromatic N) is 5. The molecule has 7 nitrogen and oxygen atoms in total. The lowest BCUT2D eigenvalue weighted by molar-refractivity contribution is 1.17. The van der Waals surface area contributed by atoms with Crippen LogP contribution in [0.1, 0.15) is 10.6 Å². The number of aryl methyl sites for hydroxylation is 1. The van der Waals surface area contributed by atoms with Gasteiger partial charge in [-0.3, -0.25) is 9.38 Å². The molecule has 114 valence electrons. The molecule has 4 N–H and O–H groups in total. The Kier molecular flexibility index (Phi) is 4.74. The Morgan fingerprint density at radius 2 is 2.23 bits per heavy atom. The van der Waals surface area contributed by atoms with Crippen LogP contribution < -0.4 is 11.5 Å². The summed E-state index contributed by atoms with van der Waals surface area (Å²) in [5, 5.41) is 7.53. The van der Waals surface area contributed by atoms with Gasteiger partial charge in [0.2, 0.25) is 5.96 Å². The molecule has 0 aliphatic carbocycles. The van der Waals surface area contributed by atoms with Gasteiger partial charge in [0, 0.05) is 29.0 Å². The Hall–Kier alpha value is -2.45. The van der Waals surface area contributed by atoms with Gasteiger partial charge < -0.3 is 11.5 Å². The molecule has 22 heavy (non-hydrogen) atoms. The zero-order valence-corrected chi connectivity index (χ0v) is 13.3. The average Bonchev–Trinajstić information content (AvgIpc) is 2.97. The van der Waals surface area contributed by atoms with Crippen LogP contribution in [0.4, 0.5) is 0 Å². The van der Waals surface area contributed by atoms with Crippen molar-refractivity contribution in [2.45, 2.75) is 6.92 Å². The number of fused-ring (bicyclic) bond motifs is 1. The topological polar surface area (TPSA) is 107 Å². The highest BCUT2D eigenvalue weighted by Gasteiger charge is 2.14. The largest absolute Gasteiger partial charge is 0.369 e. The van der Waals surface area contributed by atoms with Crippen LogP contribution in [-0.4, -0.2) is 26.5 Å². The summed E-state index contributed by atoms with van der Waals surface area (Å²) in [6.45, 7) is 2.03. The molecule has 3 rings (SSSR count). The van der Waals surface area contributed by atoms with E-state index in [9.17, 15) is 0 Å². The van der Waals surface area contributed by atoms with Crippen molar-refractivity contribution in [1.29, 1.82) is 0 Å². The van der Waals surface area contributed by atoms with Crippen molar-refractivity contribution in [3.05, 3.63) is 41.3 Å². The third-order valence-corrected chi connectivity index (χ3v) is 3.67. The third-order valence-electron chi connectivity index (χ3n) is 2.77. The SMILES string of the molecule is Cc1cn2c(/C=N/N=C(N)N)c(-c3cccnc3)nc2s1.Cl. The van der Waals surface area contributed by atoms with Crippen LogP contribution in [0.2, 0.25) is 0 Å². The summed E-state index contributed by atoms with van der Waals surface area (Å²) >= 11 is 1.61. The third kappa shape index (κ3) is 3.07. The van der Waals surface area contributed by atoms with Crippen molar-refractivity contribution < 1.29 is 0 Å². The number of rotatable bonds is 3. The minimum Gasteiger partial charge on any atom is -0.369 e. The van der Waals surface area contributed by atoms with E-state index in [1.165, 1.54) is 0 Å². The molecule has 0 radical (unpaired) electrons. The zero-order chi connectivity index (χ0) is 14.8. The van der Waals surface area contributed by atoms with E-state index < -0.39 is 0 Å². The first kappa shape index (κ1) is 15.9. The molecule has 0 atom stereocenters. The van der Waals surface area contributed by atoms with Gasteiger partial charge in [0.25, 0.3) is 0 Å². The average molecular weight is 336 g/mol. The molecule has 0 saturated carbocycles. The highest BCUT2D eigenvalue weighted by molar-refractivity contribution is 7.17. The van der Waals surface area contributed by atoms with Gasteiger partial charge in [-0.05, 0) is 19.1 Å². The van der Waals surface area contributed by atoms with Crippen LogP contribution >= 0.6 is 23.7 Å². The van der Waals surface area contributed by atoms with Crippen molar-refractivity contribution in [2.75, 3.05) is 0 Å². The second-order valence-corrected chi connectivity index (χ2v) is 5.56. The van der Waals surface area contributed by atoms with Crippen molar-refractivity contribution in [2.24, 2.45) is 21.7 Å². The minimum atomic E-state index is -0.0866. The molecule has 3 aromatic heterocycles. The van der Waals surface area contributed by atoms with Gasteiger partial charge in [-0.2, -0.15) is 5.10 Å². The van der Waals surface area contributed by atoms with E-state index in [2.05, 4.69) is 20.2 Å². The fraction of sp³-hybridized carbons (Fsp3) is 0.0769. The van der Waals surface area contributed by atoms with Crippen LogP contribution in [0, 0.1) is 6.92 Å². The molecule has 3 heterocycles. The Labute approximate surface area is 136 Å². The Bertz CT molecular complexity index is 831. The van der Waals surface area contributed by atoms with Crippen LogP contribution in [-0.2, 0) is 0 Å². The lowest BCUT2D eigenvalue weighted by Crippen LogP contribution is -2.21. The molecule has 0 amide bonds. The quantitative estimate of drug-likeness (QED) is 0.432. The molecule has 3 aromatic rings. The summed E-state index contributed by atoms with van der Waals surface area (Å²) in [6, 6.07) is 3.81. The number of thiazole rings is 1. The molecule has 0 aliphatic rings. The van der Waals surface area contributed by atoms with Crippen LogP contribution in [0.3, 0.4) is 0 Å². The molecule has 0 unspecified atom stereocenters. The van der Waals surface area contributed by atoms with E-state index in [0.29, 0.717) is 0 Å². The maximum Gasteiger partial charge on any atom is 0.211 e. The highest BCUT2D eigenvalue weighted by Crippen LogP contribution is 2.26. The zero-order valence-electron chi connectivity index (χ0n) is 11.7. The van der Waals surface area contributed by atoms with Gasteiger partial charge in [0.15, 0.2) is 4.96 Å². The first-order valence-corrected chi connectivity index (χ1v) is 6.97. The molecule has 0 spiro atoms. The first-order valence-electron chi connectivity index (χ1n) is 6.16. The van der Waals surface area contributed by atoms with Crippen molar-refractivity contribution in [3.8, 4) is 11.3 Å². The van der Waals surface area contributed by atoms with Gasteiger partial charge in [-0.15, -0.1) is 28.8 Å². The summed E-state index contributed by atoms with van der Waals surface area (Å²) in [5.41, 5.74) is 13.1. The van der Waals surface area contributed by atoms with Crippen molar-refractivity contribution in [3.63, 3.8) is 0 Å². The lowest BCUT2D eigenvalue weighted by Gasteiger charge is -1.98. The smallest absolute Gasteiger partial charge is 0.211 e. The summed E-state index contributed by atoms with van der Waals surface area (Å²) in [7, 11) is 0. The monoisotopic (exact) mass is 335 g/mol. The van der Waals surface area contributed by atoms with Crippen LogP contribution in [0.15, 0.2) is 40.9 Å².